The van der Waals surface area contributed by atoms with Crippen LogP contribution < -0.4 is 4.90 Å². The quantitative estimate of drug-likeness (QED) is 0.623. The summed E-state index contributed by atoms with van der Waals surface area (Å²) in [5, 5.41) is 7.20. The van der Waals surface area contributed by atoms with E-state index in [0.29, 0.717) is 29.5 Å². The predicted molar refractivity (Wildman–Crippen MR) is 115 cm³/mol. The molecule has 2 heterocycles. The van der Waals surface area contributed by atoms with Gasteiger partial charge in [0.1, 0.15) is 0 Å². The van der Waals surface area contributed by atoms with Crippen LogP contribution in [0.5, 0.6) is 0 Å². The molecular weight excluding hydrogens is 378 g/mol. The number of nitrogens with one attached hydrogen (secondary N) is 1. The topological polar surface area (TPSA) is 75.3 Å². The zero-order chi connectivity index (χ0) is 21.4. The number of H-pyrrole nitrogens is 1. The van der Waals surface area contributed by atoms with E-state index in [1.807, 2.05) is 6.92 Å². The van der Waals surface area contributed by atoms with Gasteiger partial charge in [-0.25, -0.2) is 4.79 Å². The molecule has 0 spiro atoms. The minimum Gasteiger partial charge on any atom is -0.462 e. The zero-order valence-electron chi connectivity index (χ0n) is 17.6. The third-order valence-electron chi connectivity index (χ3n) is 5.52. The van der Waals surface area contributed by atoms with Crippen LogP contribution >= 0.6 is 0 Å². The van der Waals surface area contributed by atoms with Gasteiger partial charge in [0, 0.05) is 16.9 Å². The smallest absolute Gasteiger partial charge is 0.338 e. The first-order chi connectivity index (χ1) is 14.4. The number of aromatic nitrogens is 2. The van der Waals surface area contributed by atoms with Gasteiger partial charge in [0.15, 0.2) is 5.69 Å². The summed E-state index contributed by atoms with van der Waals surface area (Å²) in [5.41, 5.74) is 5.65. The van der Waals surface area contributed by atoms with E-state index >= 15 is 0 Å². The molecule has 0 aliphatic carbocycles. The van der Waals surface area contributed by atoms with E-state index < -0.39 is 0 Å². The number of fused-ring (bicyclic) bond motifs is 1. The SMILES string of the molecule is CCOC(=O)c1ccc(N2C(=O)c3n[nH]c(C)c3[C@@H]2c2ccc(C(C)C)cc2)cc1. The first-order valence-corrected chi connectivity index (χ1v) is 10.2. The number of amides is 1. The van der Waals surface area contributed by atoms with Gasteiger partial charge in [-0.15, -0.1) is 0 Å². The molecule has 30 heavy (non-hydrogen) atoms. The van der Waals surface area contributed by atoms with Crippen LogP contribution in [-0.2, 0) is 4.74 Å². The van der Waals surface area contributed by atoms with Gasteiger partial charge in [-0.05, 0) is 55.2 Å². The largest absolute Gasteiger partial charge is 0.462 e. The minimum atomic E-state index is -0.374. The minimum absolute atomic E-state index is 0.156. The molecule has 1 aliphatic rings. The van der Waals surface area contributed by atoms with Crippen LogP contribution in [0.1, 0.15) is 76.0 Å². The van der Waals surface area contributed by atoms with E-state index in [2.05, 4.69) is 48.3 Å². The van der Waals surface area contributed by atoms with Crippen molar-refractivity contribution in [1.82, 2.24) is 10.2 Å². The fourth-order valence-corrected chi connectivity index (χ4v) is 3.91. The molecule has 1 atom stereocenters. The van der Waals surface area contributed by atoms with Crippen LogP contribution in [0, 0.1) is 6.92 Å². The van der Waals surface area contributed by atoms with Crippen molar-refractivity contribution in [2.45, 2.75) is 39.7 Å². The molecule has 4 rings (SSSR count). The van der Waals surface area contributed by atoms with Crippen molar-refractivity contribution < 1.29 is 14.3 Å². The maximum Gasteiger partial charge on any atom is 0.338 e. The van der Waals surface area contributed by atoms with Crippen LogP contribution in [0.2, 0.25) is 0 Å². The Hall–Kier alpha value is -3.41. The lowest BCUT2D eigenvalue weighted by molar-refractivity contribution is 0.0526. The second-order valence-electron chi connectivity index (χ2n) is 7.78. The maximum atomic E-state index is 13.2. The highest BCUT2D eigenvalue weighted by Crippen LogP contribution is 2.42. The highest BCUT2D eigenvalue weighted by molar-refractivity contribution is 6.10. The summed E-state index contributed by atoms with van der Waals surface area (Å²) < 4.78 is 5.06. The van der Waals surface area contributed by atoms with Crippen molar-refractivity contribution in [3.8, 4) is 0 Å². The summed E-state index contributed by atoms with van der Waals surface area (Å²) >= 11 is 0. The summed E-state index contributed by atoms with van der Waals surface area (Å²) in [6, 6.07) is 15.0. The Labute approximate surface area is 175 Å². The van der Waals surface area contributed by atoms with Crippen molar-refractivity contribution in [3.63, 3.8) is 0 Å². The van der Waals surface area contributed by atoms with Crippen LogP contribution in [0.4, 0.5) is 5.69 Å². The van der Waals surface area contributed by atoms with Gasteiger partial charge in [0.2, 0.25) is 0 Å². The fraction of sp³-hybridized carbons (Fsp3) is 0.292. The number of aromatic amines is 1. The molecule has 1 amide bonds. The number of benzene rings is 2. The molecule has 1 aromatic heterocycles. The van der Waals surface area contributed by atoms with Crippen molar-refractivity contribution in [3.05, 3.63) is 82.2 Å². The predicted octanol–water partition coefficient (Wildman–Crippen LogP) is 4.77. The van der Waals surface area contributed by atoms with Crippen LogP contribution in [0.15, 0.2) is 48.5 Å². The molecule has 0 unspecified atom stereocenters. The summed E-state index contributed by atoms with van der Waals surface area (Å²) in [7, 11) is 0. The Morgan fingerprint density at radius 2 is 1.80 bits per heavy atom. The van der Waals surface area contributed by atoms with Gasteiger partial charge in [0.05, 0.1) is 18.2 Å². The molecule has 0 saturated carbocycles. The van der Waals surface area contributed by atoms with Crippen molar-refractivity contribution >= 4 is 17.6 Å². The molecule has 6 nitrogen and oxygen atoms in total. The summed E-state index contributed by atoms with van der Waals surface area (Å²) in [4.78, 5) is 27.0. The molecule has 0 saturated heterocycles. The second-order valence-corrected chi connectivity index (χ2v) is 7.78. The average Bonchev–Trinajstić information content (AvgIpc) is 3.26. The third kappa shape index (κ3) is 3.28. The van der Waals surface area contributed by atoms with E-state index in [1.165, 1.54) is 5.56 Å². The average molecular weight is 403 g/mol. The van der Waals surface area contributed by atoms with E-state index in [9.17, 15) is 9.59 Å². The number of hydrogen-bond donors (Lipinski definition) is 1. The first-order valence-electron chi connectivity index (χ1n) is 10.2. The summed E-state index contributed by atoms with van der Waals surface area (Å²) in [6.07, 6.45) is 0. The van der Waals surface area contributed by atoms with Gasteiger partial charge in [0.25, 0.3) is 5.91 Å². The Morgan fingerprint density at radius 3 is 2.40 bits per heavy atom. The van der Waals surface area contributed by atoms with Crippen molar-refractivity contribution in [2.75, 3.05) is 11.5 Å². The van der Waals surface area contributed by atoms with E-state index in [0.717, 1.165) is 16.8 Å². The van der Waals surface area contributed by atoms with E-state index in [4.69, 9.17) is 4.74 Å². The molecule has 1 aliphatic heterocycles. The Kier molecular flexibility index (Phi) is 5.16. The van der Waals surface area contributed by atoms with Crippen LogP contribution in [0.3, 0.4) is 0 Å². The maximum absolute atomic E-state index is 13.2. The number of aryl methyl sites for hydroxylation is 1. The second kappa shape index (κ2) is 7.78. The Bertz CT molecular complexity index is 1080. The third-order valence-corrected chi connectivity index (χ3v) is 5.52. The van der Waals surface area contributed by atoms with Crippen LogP contribution in [0.25, 0.3) is 0 Å². The summed E-state index contributed by atoms with van der Waals surface area (Å²) in [6.45, 7) is 8.34. The fourth-order valence-electron chi connectivity index (χ4n) is 3.91. The Balaban J connectivity index is 1.76. The van der Waals surface area contributed by atoms with Gasteiger partial charge in [-0.2, -0.15) is 5.10 Å². The van der Waals surface area contributed by atoms with Gasteiger partial charge in [-0.3, -0.25) is 14.8 Å². The normalized spacial score (nSPS) is 15.6. The number of ether oxygens (including phenoxy) is 1. The number of nitrogens with zero attached hydrogens (tertiary/aromatic N) is 2. The number of hydrogen-bond acceptors (Lipinski definition) is 4. The lowest BCUT2D eigenvalue weighted by Crippen LogP contribution is -2.29. The first kappa shape index (κ1) is 19.9. The van der Waals surface area contributed by atoms with E-state index in [1.54, 1.807) is 36.1 Å². The molecule has 1 N–H and O–H groups in total. The van der Waals surface area contributed by atoms with Crippen molar-refractivity contribution in [1.29, 1.82) is 0 Å². The molecule has 6 heteroatoms. The molecule has 0 bridgehead atoms. The number of carbonyl (C=O) groups is 2. The van der Waals surface area contributed by atoms with Gasteiger partial charge in [-0.1, -0.05) is 38.1 Å². The highest BCUT2D eigenvalue weighted by atomic mass is 16.5. The number of rotatable bonds is 5. The molecule has 2 aromatic carbocycles. The lowest BCUT2D eigenvalue weighted by atomic mass is 9.95. The summed E-state index contributed by atoms with van der Waals surface area (Å²) in [5.74, 6) is -0.0974. The molecule has 0 radical (unpaired) electrons. The molecule has 3 aromatic rings. The van der Waals surface area contributed by atoms with Crippen molar-refractivity contribution in [2.24, 2.45) is 0 Å². The standard InChI is InChI=1S/C24H25N3O3/c1-5-30-24(29)18-10-12-19(13-11-18)27-22(17-8-6-16(7-9-17)14(2)3)20-15(4)25-26-21(20)23(27)28/h6-14,22H,5H2,1-4H3,(H,25,26)/t22-/m0/s1. The number of anilines is 1. The van der Waals surface area contributed by atoms with Crippen LogP contribution in [-0.4, -0.2) is 28.7 Å². The van der Waals surface area contributed by atoms with E-state index in [-0.39, 0.29) is 17.9 Å². The van der Waals surface area contributed by atoms with Gasteiger partial charge >= 0.3 is 5.97 Å². The highest BCUT2D eigenvalue weighted by Gasteiger charge is 2.42. The molecule has 154 valence electrons. The Morgan fingerprint density at radius 1 is 1.13 bits per heavy atom. The number of carbonyl (C=O) groups excluding carboxylic acids is 2. The molecular formula is C24H25N3O3. The monoisotopic (exact) mass is 403 g/mol. The van der Waals surface area contributed by atoms with Gasteiger partial charge < -0.3 is 4.74 Å². The lowest BCUT2D eigenvalue weighted by Gasteiger charge is -2.26. The molecule has 0 fully saturated rings. The number of esters is 1. The zero-order valence-corrected chi connectivity index (χ0v) is 17.6.